The van der Waals surface area contributed by atoms with Crippen molar-refractivity contribution in [3.05, 3.63) is 0 Å². The van der Waals surface area contributed by atoms with Crippen LogP contribution < -0.4 is 5.73 Å². The average molecular weight is 196 g/mol. The molecule has 2 aliphatic rings. The Balaban J connectivity index is 1.86. The van der Waals surface area contributed by atoms with Gasteiger partial charge in [0.15, 0.2) is 0 Å². The fourth-order valence-electron chi connectivity index (χ4n) is 2.99. The quantitative estimate of drug-likeness (QED) is 0.748. The van der Waals surface area contributed by atoms with Crippen molar-refractivity contribution in [2.24, 2.45) is 11.7 Å². The Kier molecular flexibility index (Phi) is 2.85. The van der Waals surface area contributed by atoms with Crippen molar-refractivity contribution >= 4 is 0 Å². The van der Waals surface area contributed by atoms with Crippen LogP contribution in [0.4, 0.5) is 0 Å². The van der Waals surface area contributed by atoms with Crippen molar-refractivity contribution in [1.29, 1.82) is 0 Å². The first kappa shape index (κ1) is 10.4. The van der Waals surface area contributed by atoms with Crippen LogP contribution in [-0.2, 0) is 0 Å². The van der Waals surface area contributed by atoms with Crippen molar-refractivity contribution in [2.45, 2.75) is 57.0 Å². The second kappa shape index (κ2) is 3.82. The summed E-state index contributed by atoms with van der Waals surface area (Å²) in [6, 6.07) is 0.854. The van der Waals surface area contributed by atoms with Gasteiger partial charge in [-0.15, -0.1) is 0 Å². The van der Waals surface area contributed by atoms with Crippen molar-refractivity contribution in [1.82, 2.24) is 4.90 Å². The van der Waals surface area contributed by atoms with E-state index in [1.165, 1.54) is 38.5 Å². The number of likely N-dealkylation sites (N-methyl/N-ethyl adjacent to an activating group) is 1. The smallest absolute Gasteiger partial charge is 0.0285 e. The van der Waals surface area contributed by atoms with E-state index in [9.17, 15) is 0 Å². The molecule has 2 N–H and O–H groups in total. The molecule has 2 nitrogen and oxygen atoms in total. The third kappa shape index (κ3) is 2.48. The van der Waals surface area contributed by atoms with E-state index < -0.39 is 0 Å². The Morgan fingerprint density at radius 3 is 2.64 bits per heavy atom. The van der Waals surface area contributed by atoms with Crippen molar-refractivity contribution in [3.63, 3.8) is 0 Å². The number of rotatable bonds is 3. The predicted octanol–water partition coefficient (Wildman–Crippen LogP) is 1.99. The van der Waals surface area contributed by atoms with Crippen LogP contribution in [0.1, 0.15) is 45.4 Å². The molecule has 0 radical (unpaired) electrons. The zero-order valence-electron chi connectivity index (χ0n) is 9.63. The van der Waals surface area contributed by atoms with Crippen LogP contribution >= 0.6 is 0 Å². The van der Waals surface area contributed by atoms with Gasteiger partial charge in [0.1, 0.15) is 0 Å². The van der Waals surface area contributed by atoms with E-state index in [0.29, 0.717) is 0 Å². The normalized spacial score (nSPS) is 39.0. The lowest BCUT2D eigenvalue weighted by molar-refractivity contribution is 0.165. The highest BCUT2D eigenvalue weighted by Gasteiger charge is 2.35. The van der Waals surface area contributed by atoms with Crippen LogP contribution in [0.2, 0.25) is 0 Å². The van der Waals surface area contributed by atoms with E-state index in [-0.39, 0.29) is 5.54 Å². The summed E-state index contributed by atoms with van der Waals surface area (Å²) in [5, 5.41) is 0. The summed E-state index contributed by atoms with van der Waals surface area (Å²) >= 11 is 0. The molecule has 2 unspecified atom stereocenters. The lowest BCUT2D eigenvalue weighted by Crippen LogP contribution is -2.52. The van der Waals surface area contributed by atoms with Crippen LogP contribution in [0.15, 0.2) is 0 Å². The first-order chi connectivity index (χ1) is 6.59. The molecule has 0 heterocycles. The van der Waals surface area contributed by atoms with Gasteiger partial charge in [-0.25, -0.2) is 0 Å². The molecular formula is C12H24N2. The van der Waals surface area contributed by atoms with Crippen molar-refractivity contribution in [3.8, 4) is 0 Å². The number of nitrogens with two attached hydrogens (primary N) is 1. The molecule has 0 amide bonds. The Morgan fingerprint density at radius 2 is 2.07 bits per heavy atom. The van der Waals surface area contributed by atoms with Crippen LogP contribution in [0.25, 0.3) is 0 Å². The van der Waals surface area contributed by atoms with E-state index in [1.54, 1.807) is 0 Å². The molecule has 0 spiro atoms. The molecule has 0 bridgehead atoms. The molecule has 0 aromatic carbocycles. The monoisotopic (exact) mass is 196 g/mol. The molecule has 14 heavy (non-hydrogen) atoms. The average Bonchev–Trinajstić information content (AvgIpc) is 2.83. The molecule has 0 aliphatic heterocycles. The lowest BCUT2D eigenvalue weighted by atomic mass is 9.77. The molecule has 0 aromatic heterocycles. The van der Waals surface area contributed by atoms with E-state index in [4.69, 9.17) is 5.73 Å². The van der Waals surface area contributed by atoms with Crippen molar-refractivity contribution in [2.75, 3.05) is 13.6 Å². The Labute approximate surface area is 87.8 Å². The molecule has 2 heteroatoms. The molecule has 82 valence electrons. The van der Waals surface area contributed by atoms with Gasteiger partial charge in [-0.1, -0.05) is 19.8 Å². The van der Waals surface area contributed by atoms with Gasteiger partial charge >= 0.3 is 0 Å². The van der Waals surface area contributed by atoms with Gasteiger partial charge in [-0.3, -0.25) is 0 Å². The molecule has 2 fully saturated rings. The maximum Gasteiger partial charge on any atom is 0.0285 e. The van der Waals surface area contributed by atoms with E-state index >= 15 is 0 Å². The summed E-state index contributed by atoms with van der Waals surface area (Å²) in [5.74, 6) is 0.835. The Bertz CT molecular complexity index is 200. The lowest BCUT2D eigenvalue weighted by Gasteiger charge is -2.39. The first-order valence-electron chi connectivity index (χ1n) is 6.08. The number of hydrogen-bond donors (Lipinski definition) is 1. The SMILES string of the molecule is CC1CCCC(N)(CN(C)C2CC2)C1. The van der Waals surface area contributed by atoms with Gasteiger partial charge in [-0.05, 0) is 38.6 Å². The molecule has 2 rings (SSSR count). The summed E-state index contributed by atoms with van der Waals surface area (Å²) in [6.07, 6.45) is 7.95. The van der Waals surface area contributed by atoms with E-state index in [1.807, 2.05) is 0 Å². The highest BCUT2D eigenvalue weighted by Crippen LogP contribution is 2.33. The number of hydrogen-bond acceptors (Lipinski definition) is 2. The molecule has 0 saturated heterocycles. The second-order valence-corrected chi connectivity index (χ2v) is 5.71. The Morgan fingerprint density at radius 1 is 1.36 bits per heavy atom. The topological polar surface area (TPSA) is 29.3 Å². The van der Waals surface area contributed by atoms with E-state index in [0.717, 1.165) is 18.5 Å². The highest BCUT2D eigenvalue weighted by atomic mass is 15.2. The predicted molar refractivity (Wildman–Crippen MR) is 60.2 cm³/mol. The third-order valence-corrected chi connectivity index (χ3v) is 3.86. The molecule has 2 atom stereocenters. The third-order valence-electron chi connectivity index (χ3n) is 3.86. The summed E-state index contributed by atoms with van der Waals surface area (Å²) in [4.78, 5) is 2.48. The first-order valence-corrected chi connectivity index (χ1v) is 6.08. The summed E-state index contributed by atoms with van der Waals surface area (Å²) in [6.45, 7) is 3.46. The highest BCUT2D eigenvalue weighted by molar-refractivity contribution is 4.95. The molecular weight excluding hydrogens is 172 g/mol. The van der Waals surface area contributed by atoms with Crippen molar-refractivity contribution < 1.29 is 0 Å². The minimum absolute atomic E-state index is 0.120. The summed E-state index contributed by atoms with van der Waals surface area (Å²) in [5.41, 5.74) is 6.59. The number of nitrogens with zero attached hydrogens (tertiary/aromatic N) is 1. The van der Waals surface area contributed by atoms with Crippen LogP contribution in [0.5, 0.6) is 0 Å². The molecule has 2 aliphatic carbocycles. The van der Waals surface area contributed by atoms with Crippen LogP contribution in [-0.4, -0.2) is 30.1 Å². The van der Waals surface area contributed by atoms with Crippen LogP contribution in [0, 0.1) is 5.92 Å². The fourth-order valence-corrected chi connectivity index (χ4v) is 2.99. The van der Waals surface area contributed by atoms with Gasteiger partial charge in [0.25, 0.3) is 0 Å². The van der Waals surface area contributed by atoms with Gasteiger partial charge in [0, 0.05) is 18.1 Å². The Hall–Kier alpha value is -0.0800. The van der Waals surface area contributed by atoms with E-state index in [2.05, 4.69) is 18.9 Å². The largest absolute Gasteiger partial charge is 0.324 e. The van der Waals surface area contributed by atoms with Crippen LogP contribution in [0.3, 0.4) is 0 Å². The fraction of sp³-hybridized carbons (Fsp3) is 1.00. The maximum atomic E-state index is 6.47. The minimum atomic E-state index is 0.120. The standard InChI is InChI=1S/C12H24N2/c1-10-4-3-7-12(13,8-10)9-14(2)11-5-6-11/h10-11H,3-9,13H2,1-2H3. The van der Waals surface area contributed by atoms with Gasteiger partial charge in [0.05, 0.1) is 0 Å². The minimum Gasteiger partial charge on any atom is -0.324 e. The summed E-state index contributed by atoms with van der Waals surface area (Å²) < 4.78 is 0. The molecule has 0 aromatic rings. The second-order valence-electron chi connectivity index (χ2n) is 5.71. The molecule has 2 saturated carbocycles. The summed E-state index contributed by atoms with van der Waals surface area (Å²) in [7, 11) is 2.24. The maximum absolute atomic E-state index is 6.47. The van der Waals surface area contributed by atoms with Gasteiger partial charge in [-0.2, -0.15) is 0 Å². The zero-order chi connectivity index (χ0) is 10.2. The van der Waals surface area contributed by atoms with Gasteiger partial charge in [0.2, 0.25) is 0 Å². The van der Waals surface area contributed by atoms with Gasteiger partial charge < -0.3 is 10.6 Å². The zero-order valence-corrected chi connectivity index (χ0v) is 9.63.